The molecule has 0 aliphatic carbocycles. The summed E-state index contributed by atoms with van der Waals surface area (Å²) in [5.41, 5.74) is 9.56. The summed E-state index contributed by atoms with van der Waals surface area (Å²) in [6, 6.07) is 34.6. The molecule has 0 aliphatic heterocycles. The summed E-state index contributed by atoms with van der Waals surface area (Å²) < 4.78 is 6.09. The van der Waals surface area contributed by atoms with Gasteiger partial charge < -0.3 is 40.6 Å². The second-order valence-corrected chi connectivity index (χ2v) is 18.5. The molecule has 0 unspecified atom stereocenters. The summed E-state index contributed by atoms with van der Waals surface area (Å²) in [6.07, 6.45) is 0. The number of hydrogen-bond acceptors (Lipinski definition) is 3. The quantitative estimate of drug-likeness (QED) is 0.127. The average Bonchev–Trinajstić information content (AvgIpc) is 3.03. The Morgan fingerprint density at radius 3 is 1.28 bits per heavy atom. The summed E-state index contributed by atoms with van der Waals surface area (Å²) in [4.78, 5) is 1.67. The van der Waals surface area contributed by atoms with Crippen molar-refractivity contribution in [1.82, 2.24) is 0 Å². The summed E-state index contributed by atoms with van der Waals surface area (Å²) >= 11 is 11.6. The summed E-state index contributed by atoms with van der Waals surface area (Å²) in [6.45, 7) is 28.6. The van der Waals surface area contributed by atoms with Crippen LogP contribution in [0.2, 0.25) is 0 Å². The van der Waals surface area contributed by atoms with Crippen molar-refractivity contribution in [2.75, 3.05) is 0 Å². The van der Waals surface area contributed by atoms with Crippen molar-refractivity contribution in [3.63, 3.8) is 0 Å². The molecule has 5 rings (SSSR count). The molecule has 6 heteroatoms. The monoisotopic (exact) mass is 786 g/mol. The van der Waals surface area contributed by atoms with Crippen LogP contribution in [0.15, 0.2) is 113 Å². The Balaban J connectivity index is 0.000000288. The Bertz CT molecular complexity index is 1980. The Morgan fingerprint density at radius 1 is 0.453 bits per heavy atom. The molecule has 3 nitrogen and oxygen atoms in total. The van der Waals surface area contributed by atoms with Crippen LogP contribution in [0.3, 0.4) is 0 Å². The molecule has 0 aromatic heterocycles. The minimum Gasteiger partial charge on any atom is -0.781 e. The van der Waals surface area contributed by atoms with Gasteiger partial charge in [0.25, 0.3) is 0 Å². The molecule has 0 amide bonds. The van der Waals surface area contributed by atoms with Crippen molar-refractivity contribution in [2.24, 2.45) is 0 Å². The molecule has 0 fully saturated rings. The number of nitrogens with zero attached hydrogens (tertiary/aromatic N) is 2. The molecule has 0 spiro atoms. The number of ether oxygens (including phenoxy) is 1. The van der Waals surface area contributed by atoms with Crippen LogP contribution in [0.25, 0.3) is 10.6 Å². The first-order valence-electron chi connectivity index (χ1n) is 18.1. The van der Waals surface area contributed by atoms with Crippen LogP contribution in [0.4, 0.5) is 22.7 Å². The fourth-order valence-corrected chi connectivity index (χ4v) is 6.51. The van der Waals surface area contributed by atoms with E-state index in [2.05, 4.69) is 120 Å². The second-order valence-electron chi connectivity index (χ2n) is 17.6. The van der Waals surface area contributed by atoms with Gasteiger partial charge in [-0.25, -0.2) is 0 Å². The van der Waals surface area contributed by atoms with Gasteiger partial charge in [0.1, 0.15) is 11.5 Å². The molecule has 5 aromatic rings. The molecule has 0 atom stereocenters. The molecule has 5 aromatic carbocycles. The van der Waals surface area contributed by atoms with Gasteiger partial charge in [0.2, 0.25) is 0 Å². The third-order valence-corrected chi connectivity index (χ3v) is 9.78. The summed E-state index contributed by atoms with van der Waals surface area (Å²) in [5, 5.41) is 9.84. The Labute approximate surface area is 341 Å². The number of rotatable bonds is 6. The topological polar surface area (TPSA) is 37.4 Å². The zero-order chi connectivity index (χ0) is 38.6. The Kier molecular flexibility index (Phi) is 14.3. The van der Waals surface area contributed by atoms with Crippen LogP contribution in [0, 0.1) is 6.92 Å². The van der Waals surface area contributed by atoms with Crippen LogP contribution >= 0.6 is 0 Å². The minimum atomic E-state index is -0.0529. The van der Waals surface area contributed by atoms with Crippen molar-refractivity contribution >= 4 is 48.0 Å². The fraction of sp³-hybridized carbons (Fsp3) is 0.362. The maximum absolute atomic E-state index is 6.09. The van der Waals surface area contributed by atoms with Gasteiger partial charge in [-0.15, -0.1) is 5.69 Å². The smallest absolute Gasteiger partial charge is 0.127 e. The van der Waals surface area contributed by atoms with Crippen molar-refractivity contribution in [3.8, 4) is 11.5 Å². The normalized spacial score (nSPS) is 11.9. The molecular formula is C47H56N2NiOS2-4. The van der Waals surface area contributed by atoms with Gasteiger partial charge in [-0.05, 0) is 57.9 Å². The molecule has 0 radical (unpaired) electrons. The third kappa shape index (κ3) is 11.7. The van der Waals surface area contributed by atoms with E-state index in [-0.39, 0.29) is 38.2 Å². The van der Waals surface area contributed by atoms with Crippen molar-refractivity contribution < 1.29 is 21.2 Å². The van der Waals surface area contributed by atoms with Gasteiger partial charge >= 0.3 is 0 Å². The third-order valence-electron chi connectivity index (χ3n) is 8.92. The zero-order valence-electron chi connectivity index (χ0n) is 33.8. The number of benzene rings is 5. The summed E-state index contributed by atoms with van der Waals surface area (Å²) in [5.74, 6) is 1.50. The van der Waals surface area contributed by atoms with Crippen LogP contribution in [0.1, 0.15) is 111 Å². The van der Waals surface area contributed by atoms with Gasteiger partial charge in [-0.2, -0.15) is 21.2 Å². The average molecular weight is 788 g/mol. The van der Waals surface area contributed by atoms with E-state index < -0.39 is 0 Å². The maximum Gasteiger partial charge on any atom is 0.127 e. The van der Waals surface area contributed by atoms with Crippen LogP contribution in [0.5, 0.6) is 11.5 Å². The van der Waals surface area contributed by atoms with Crippen molar-refractivity contribution in [2.45, 2.75) is 121 Å². The van der Waals surface area contributed by atoms with Crippen LogP contribution < -0.4 is 4.74 Å². The zero-order valence-corrected chi connectivity index (χ0v) is 36.4. The van der Waals surface area contributed by atoms with E-state index in [1.165, 1.54) is 22.3 Å². The van der Waals surface area contributed by atoms with Gasteiger partial charge in [0.05, 0.1) is 0 Å². The minimum absolute atomic E-state index is 0. The SMILES string of the molecule is CC(C)(C)c1cc([N-]c2ccccc2Oc2ccccc2)c([S-])c(C(C)(C)C)c1.Cc1ccccc1[N-]c1cc(C(C)(C)C)cc(C(C)(C)C)c1[S-].[Ni]. The largest absolute Gasteiger partial charge is 0.781 e. The molecule has 0 saturated heterocycles. The van der Waals surface area contributed by atoms with E-state index in [1.807, 2.05) is 72.8 Å². The molecule has 0 aliphatic rings. The van der Waals surface area contributed by atoms with Gasteiger partial charge in [-0.3, -0.25) is 0 Å². The van der Waals surface area contributed by atoms with E-state index in [0.29, 0.717) is 5.75 Å². The van der Waals surface area contributed by atoms with E-state index in [1.54, 1.807) is 0 Å². The summed E-state index contributed by atoms with van der Waals surface area (Å²) in [7, 11) is 0. The number of para-hydroxylation sites is 4. The first-order chi connectivity index (χ1) is 24.1. The molecule has 0 heterocycles. The Morgan fingerprint density at radius 2 is 0.849 bits per heavy atom. The van der Waals surface area contributed by atoms with E-state index in [0.717, 1.165) is 43.9 Å². The van der Waals surface area contributed by atoms with Gasteiger partial charge in [0.15, 0.2) is 0 Å². The van der Waals surface area contributed by atoms with Crippen LogP contribution in [-0.4, -0.2) is 0 Å². The molecule has 286 valence electrons. The fourth-order valence-electron chi connectivity index (χ4n) is 5.57. The number of aryl methyl sites for hydroxylation is 1. The maximum atomic E-state index is 6.09. The van der Waals surface area contributed by atoms with E-state index in [4.69, 9.17) is 40.6 Å². The molecular weight excluding hydrogens is 731 g/mol. The second kappa shape index (κ2) is 17.3. The van der Waals surface area contributed by atoms with E-state index in [9.17, 15) is 0 Å². The van der Waals surface area contributed by atoms with Crippen molar-refractivity contribution in [1.29, 1.82) is 0 Å². The molecule has 0 bridgehead atoms. The van der Waals surface area contributed by atoms with Gasteiger partial charge in [-0.1, -0.05) is 190 Å². The predicted octanol–water partition coefficient (Wildman–Crippen LogP) is 15.1. The first-order valence-corrected chi connectivity index (χ1v) is 18.9. The number of hydrogen-bond donors (Lipinski definition) is 0. The van der Waals surface area contributed by atoms with E-state index >= 15 is 0 Å². The van der Waals surface area contributed by atoms with Crippen molar-refractivity contribution in [3.05, 3.63) is 142 Å². The molecule has 53 heavy (non-hydrogen) atoms. The van der Waals surface area contributed by atoms with Gasteiger partial charge in [0, 0.05) is 16.5 Å². The standard InChI is InChI=1S/C26H30NOS.C21H28NS.Ni/c1-25(2,3)18-16-20(26(4,5)6)24(29)22(17-18)27-21-14-10-11-15-23(21)28-19-12-8-7-9-13-19;1-14-10-8-9-11-17(14)22-18-13-15(20(2,3)4)12-16(19(18)23)21(5,6)7;/h7-17,29H,1-6H3;8-13,23H,1-7H3;/q2*-1;/p-2. The molecule has 0 saturated carbocycles. The molecule has 0 N–H and O–H groups in total. The van der Waals surface area contributed by atoms with Crippen LogP contribution in [-0.2, 0) is 63.4 Å². The predicted molar refractivity (Wildman–Crippen MR) is 228 cm³/mol. The Hall–Kier alpha value is -3.57. The first kappa shape index (κ1) is 43.8.